The number of hydrogen-bond acceptors (Lipinski definition) is 6. The van der Waals surface area contributed by atoms with Crippen molar-refractivity contribution in [1.29, 1.82) is 0 Å². The highest BCUT2D eigenvalue weighted by molar-refractivity contribution is 7.09. The van der Waals surface area contributed by atoms with Crippen molar-refractivity contribution < 1.29 is 19.2 Å². The first-order valence-electron chi connectivity index (χ1n) is 11.9. The maximum absolute atomic E-state index is 13.3. The molecule has 5 rings (SSSR count). The van der Waals surface area contributed by atoms with E-state index in [-0.39, 0.29) is 36.1 Å². The number of nitrogens with one attached hydrogen (secondary N) is 2. The van der Waals surface area contributed by atoms with Crippen molar-refractivity contribution in [2.45, 2.75) is 44.7 Å². The minimum atomic E-state index is -0.489. The van der Waals surface area contributed by atoms with Crippen LogP contribution in [0.1, 0.15) is 57.7 Å². The van der Waals surface area contributed by atoms with E-state index >= 15 is 0 Å². The van der Waals surface area contributed by atoms with Crippen molar-refractivity contribution in [3.05, 3.63) is 51.7 Å². The van der Waals surface area contributed by atoms with E-state index in [1.807, 2.05) is 28.5 Å². The molecule has 34 heavy (non-hydrogen) atoms. The van der Waals surface area contributed by atoms with Crippen molar-refractivity contribution in [2.75, 3.05) is 24.5 Å². The summed E-state index contributed by atoms with van der Waals surface area (Å²) >= 11 is 1.51. The van der Waals surface area contributed by atoms with Gasteiger partial charge in [0.1, 0.15) is 6.04 Å². The van der Waals surface area contributed by atoms with Gasteiger partial charge in [-0.3, -0.25) is 24.1 Å². The molecule has 0 spiro atoms. The molecule has 3 aliphatic heterocycles. The molecule has 178 valence electrons. The molecule has 1 aromatic carbocycles. The summed E-state index contributed by atoms with van der Waals surface area (Å²) in [6.45, 7) is 2.06. The van der Waals surface area contributed by atoms with Gasteiger partial charge in [-0.2, -0.15) is 0 Å². The molecule has 0 bridgehead atoms. The van der Waals surface area contributed by atoms with E-state index in [9.17, 15) is 19.2 Å². The van der Waals surface area contributed by atoms with Crippen LogP contribution in [-0.4, -0.2) is 54.2 Å². The van der Waals surface area contributed by atoms with E-state index in [1.54, 1.807) is 12.1 Å². The third kappa shape index (κ3) is 4.32. The molecule has 2 fully saturated rings. The molecule has 0 unspecified atom stereocenters. The molecule has 1 aromatic heterocycles. The van der Waals surface area contributed by atoms with Gasteiger partial charge in [0.05, 0.1) is 29.3 Å². The van der Waals surface area contributed by atoms with Gasteiger partial charge in [0.25, 0.3) is 11.8 Å². The third-order valence-corrected chi connectivity index (χ3v) is 7.72. The predicted octanol–water partition coefficient (Wildman–Crippen LogP) is 2.55. The fourth-order valence-corrected chi connectivity index (χ4v) is 5.75. The summed E-state index contributed by atoms with van der Waals surface area (Å²) in [6, 6.07) is 8.69. The molecular weight excluding hydrogens is 452 g/mol. The second kappa shape index (κ2) is 9.58. The Hall–Kier alpha value is -3.20. The fourth-order valence-electron chi connectivity index (χ4n) is 5.06. The van der Waals surface area contributed by atoms with Crippen LogP contribution < -0.4 is 15.5 Å². The Bertz CT molecular complexity index is 1120. The number of thiophene rings is 1. The summed E-state index contributed by atoms with van der Waals surface area (Å²) in [6.07, 6.45) is 3.99. The molecule has 2 N–H and O–H groups in total. The normalized spacial score (nSPS) is 22.9. The van der Waals surface area contributed by atoms with Crippen LogP contribution in [0.25, 0.3) is 0 Å². The van der Waals surface area contributed by atoms with Gasteiger partial charge >= 0.3 is 0 Å². The van der Waals surface area contributed by atoms with Gasteiger partial charge < -0.3 is 15.5 Å². The highest BCUT2D eigenvalue weighted by atomic mass is 32.1. The maximum atomic E-state index is 13.3. The van der Waals surface area contributed by atoms with Crippen molar-refractivity contribution in [1.82, 2.24) is 15.5 Å². The van der Waals surface area contributed by atoms with Gasteiger partial charge in [0, 0.05) is 24.5 Å². The molecule has 2 saturated heterocycles. The summed E-state index contributed by atoms with van der Waals surface area (Å²) in [5.41, 5.74) is 1.54. The highest BCUT2D eigenvalue weighted by Crippen LogP contribution is 2.35. The van der Waals surface area contributed by atoms with E-state index in [0.717, 1.165) is 30.6 Å². The van der Waals surface area contributed by atoms with Gasteiger partial charge in [-0.1, -0.05) is 12.1 Å². The topological polar surface area (TPSA) is 98.8 Å². The minimum Gasteiger partial charge on any atom is -0.370 e. The molecule has 0 radical (unpaired) electrons. The molecule has 8 nitrogen and oxygen atoms in total. The molecule has 2 atom stereocenters. The predicted molar refractivity (Wildman–Crippen MR) is 129 cm³/mol. The number of carbonyl (C=O) groups excluding carboxylic acids is 4. The monoisotopic (exact) mass is 480 g/mol. The number of carbonyl (C=O) groups is 4. The number of piperidine rings is 1. The lowest BCUT2D eigenvalue weighted by Crippen LogP contribution is -2.50. The zero-order valence-corrected chi connectivity index (χ0v) is 19.7. The standard InChI is InChI=1S/C25H28N4O4S/c30-22(27-19-9-1-2-11-26-23(19)31)16-6-4-12-28(14-16)20-10-3-8-18-21(20)25(33)29(24(18)32)15-17-7-5-13-34-17/h3,5,7-8,10,13,16,19H,1-2,4,6,9,11-12,14-15H2,(H,26,31)(H,27,30)/t16-,19-/m0/s1. The van der Waals surface area contributed by atoms with Gasteiger partial charge in [-0.15, -0.1) is 11.3 Å². The van der Waals surface area contributed by atoms with E-state index in [2.05, 4.69) is 10.6 Å². The molecule has 9 heteroatoms. The number of rotatable bonds is 5. The number of fused-ring (bicyclic) bond motifs is 1. The van der Waals surface area contributed by atoms with Crippen LogP contribution in [-0.2, 0) is 16.1 Å². The number of nitrogens with zero attached hydrogens (tertiary/aromatic N) is 2. The van der Waals surface area contributed by atoms with Gasteiger partial charge in [-0.05, 0) is 55.7 Å². The van der Waals surface area contributed by atoms with Crippen LogP contribution in [0.2, 0.25) is 0 Å². The average molecular weight is 481 g/mol. The van der Waals surface area contributed by atoms with Crippen molar-refractivity contribution in [2.24, 2.45) is 5.92 Å². The lowest BCUT2D eigenvalue weighted by molar-refractivity contribution is -0.131. The Balaban J connectivity index is 1.32. The first kappa shape index (κ1) is 22.6. The average Bonchev–Trinajstić information content (AvgIpc) is 3.39. The Morgan fingerprint density at radius 3 is 2.76 bits per heavy atom. The second-order valence-electron chi connectivity index (χ2n) is 9.11. The van der Waals surface area contributed by atoms with Crippen LogP contribution >= 0.6 is 11.3 Å². The summed E-state index contributed by atoms with van der Waals surface area (Å²) in [7, 11) is 0. The van der Waals surface area contributed by atoms with E-state index in [1.165, 1.54) is 16.2 Å². The van der Waals surface area contributed by atoms with Gasteiger partial charge in [0.15, 0.2) is 0 Å². The van der Waals surface area contributed by atoms with Crippen molar-refractivity contribution >= 4 is 40.7 Å². The van der Waals surface area contributed by atoms with Crippen molar-refractivity contribution in [3.8, 4) is 0 Å². The van der Waals surface area contributed by atoms with Crippen LogP contribution in [0.5, 0.6) is 0 Å². The number of benzene rings is 1. The number of hydrogen-bond donors (Lipinski definition) is 2. The lowest BCUT2D eigenvalue weighted by atomic mass is 9.94. The smallest absolute Gasteiger partial charge is 0.264 e. The SMILES string of the molecule is O=C(N[C@H]1CCCCNC1=O)[C@H]1CCCN(c2cccc3c2C(=O)N(Cc2cccs2)C3=O)C1. The van der Waals surface area contributed by atoms with Gasteiger partial charge in [-0.25, -0.2) is 0 Å². The Morgan fingerprint density at radius 2 is 1.94 bits per heavy atom. The lowest BCUT2D eigenvalue weighted by Gasteiger charge is -2.35. The third-order valence-electron chi connectivity index (χ3n) is 6.86. The molecule has 0 saturated carbocycles. The van der Waals surface area contributed by atoms with E-state index in [0.29, 0.717) is 42.9 Å². The summed E-state index contributed by atoms with van der Waals surface area (Å²) in [4.78, 5) is 55.9. The summed E-state index contributed by atoms with van der Waals surface area (Å²) < 4.78 is 0. The first-order chi connectivity index (χ1) is 16.5. The summed E-state index contributed by atoms with van der Waals surface area (Å²) in [5.74, 6) is -1.09. The second-order valence-corrected chi connectivity index (χ2v) is 10.1. The minimum absolute atomic E-state index is 0.116. The van der Waals surface area contributed by atoms with Crippen LogP contribution in [0.3, 0.4) is 0 Å². The largest absolute Gasteiger partial charge is 0.370 e. The Morgan fingerprint density at radius 1 is 1.06 bits per heavy atom. The summed E-state index contributed by atoms with van der Waals surface area (Å²) in [5, 5.41) is 7.73. The van der Waals surface area contributed by atoms with E-state index < -0.39 is 6.04 Å². The molecule has 2 aromatic rings. The van der Waals surface area contributed by atoms with Crippen LogP contribution in [0.15, 0.2) is 35.7 Å². The Kier molecular flexibility index (Phi) is 6.36. The van der Waals surface area contributed by atoms with Crippen molar-refractivity contribution in [3.63, 3.8) is 0 Å². The number of amides is 4. The quantitative estimate of drug-likeness (QED) is 0.641. The molecule has 4 heterocycles. The molecule has 0 aliphatic carbocycles. The first-order valence-corrected chi connectivity index (χ1v) is 12.8. The zero-order valence-electron chi connectivity index (χ0n) is 18.9. The molecule has 4 amide bonds. The molecule has 3 aliphatic rings. The van der Waals surface area contributed by atoms with E-state index in [4.69, 9.17) is 0 Å². The maximum Gasteiger partial charge on any atom is 0.264 e. The van der Waals surface area contributed by atoms with Crippen LogP contribution in [0.4, 0.5) is 5.69 Å². The Labute approximate surface area is 202 Å². The number of anilines is 1. The zero-order chi connectivity index (χ0) is 23.7. The van der Waals surface area contributed by atoms with Gasteiger partial charge in [0.2, 0.25) is 11.8 Å². The van der Waals surface area contributed by atoms with Crippen LogP contribution in [0, 0.1) is 5.92 Å². The molecular formula is C25H28N4O4S. The highest BCUT2D eigenvalue weighted by Gasteiger charge is 2.39. The number of imide groups is 1. The fraction of sp³-hybridized carbons (Fsp3) is 0.440.